The molecule has 5 nitrogen and oxygen atoms in total. The van der Waals surface area contributed by atoms with Gasteiger partial charge in [-0.15, -0.1) is 0 Å². The van der Waals surface area contributed by atoms with E-state index in [1.54, 1.807) is 18.0 Å². The Morgan fingerprint density at radius 3 is 2.67 bits per heavy atom. The zero-order valence-electron chi connectivity index (χ0n) is 13.1. The van der Waals surface area contributed by atoms with Crippen molar-refractivity contribution in [2.45, 2.75) is 32.9 Å². The van der Waals surface area contributed by atoms with Gasteiger partial charge < -0.3 is 16.0 Å². The molecule has 0 radical (unpaired) electrons. The minimum atomic E-state index is -0.430. The third kappa shape index (κ3) is 5.93. The van der Waals surface area contributed by atoms with Gasteiger partial charge in [0.1, 0.15) is 5.82 Å². The number of carbonyl (C=O) groups excluding carboxylic acids is 1. The number of nitrogens with one attached hydrogen (secondary N) is 1. The van der Waals surface area contributed by atoms with Gasteiger partial charge in [-0.05, 0) is 43.9 Å². The molecule has 0 fully saturated rings. The highest BCUT2D eigenvalue weighted by Crippen LogP contribution is 2.10. The van der Waals surface area contributed by atoms with E-state index in [0.29, 0.717) is 13.0 Å². The summed E-state index contributed by atoms with van der Waals surface area (Å²) in [6.45, 7) is 6.55. The molecule has 0 aliphatic rings. The van der Waals surface area contributed by atoms with E-state index in [1.807, 2.05) is 18.4 Å². The monoisotopic (exact) mass is 310 g/mol. The van der Waals surface area contributed by atoms with Crippen LogP contribution in [0.2, 0.25) is 0 Å². The fourth-order valence-corrected chi connectivity index (χ4v) is 2.44. The molecule has 0 spiro atoms. The van der Waals surface area contributed by atoms with Crippen LogP contribution in [-0.4, -0.2) is 42.0 Å². The predicted octanol–water partition coefficient (Wildman–Crippen LogP) is 1.62. The summed E-state index contributed by atoms with van der Waals surface area (Å²) in [4.78, 5) is 18.4. The van der Waals surface area contributed by atoms with Crippen LogP contribution in [0, 0.1) is 0 Å². The summed E-state index contributed by atoms with van der Waals surface area (Å²) in [5.74, 6) is 1.76. The van der Waals surface area contributed by atoms with E-state index in [2.05, 4.69) is 29.0 Å². The van der Waals surface area contributed by atoms with Crippen molar-refractivity contribution in [3.63, 3.8) is 0 Å². The summed E-state index contributed by atoms with van der Waals surface area (Å²) in [5, 5.41) is 2.86. The van der Waals surface area contributed by atoms with Crippen LogP contribution in [0.5, 0.6) is 0 Å². The number of thioether (sulfide) groups is 1. The summed E-state index contributed by atoms with van der Waals surface area (Å²) < 4.78 is 0. The van der Waals surface area contributed by atoms with Crippen molar-refractivity contribution in [1.82, 2.24) is 10.3 Å². The highest BCUT2D eigenvalue weighted by molar-refractivity contribution is 7.98. The molecule has 1 rings (SSSR count). The Kier molecular flexibility index (Phi) is 8.15. The van der Waals surface area contributed by atoms with Gasteiger partial charge in [-0.1, -0.05) is 6.07 Å². The number of amides is 1. The van der Waals surface area contributed by atoms with Crippen LogP contribution in [0.15, 0.2) is 18.3 Å². The molecule has 1 amide bonds. The Balaban J connectivity index is 2.47. The van der Waals surface area contributed by atoms with Gasteiger partial charge in [-0.2, -0.15) is 11.8 Å². The van der Waals surface area contributed by atoms with Gasteiger partial charge in [-0.25, -0.2) is 4.98 Å². The predicted molar refractivity (Wildman–Crippen MR) is 90.6 cm³/mol. The maximum Gasteiger partial charge on any atom is 0.237 e. The molecule has 3 N–H and O–H groups in total. The molecule has 0 saturated carbocycles. The van der Waals surface area contributed by atoms with Crippen molar-refractivity contribution in [2.75, 3.05) is 30.0 Å². The second-order valence-electron chi connectivity index (χ2n) is 4.80. The van der Waals surface area contributed by atoms with Gasteiger partial charge in [0.25, 0.3) is 0 Å². The lowest BCUT2D eigenvalue weighted by atomic mass is 10.2. The average Bonchev–Trinajstić information content (AvgIpc) is 2.52. The number of hydrogen-bond donors (Lipinski definition) is 2. The minimum absolute atomic E-state index is 0.100. The van der Waals surface area contributed by atoms with Crippen LogP contribution >= 0.6 is 11.8 Å². The second kappa shape index (κ2) is 9.63. The van der Waals surface area contributed by atoms with Crippen molar-refractivity contribution in [1.29, 1.82) is 0 Å². The zero-order chi connectivity index (χ0) is 15.7. The van der Waals surface area contributed by atoms with Gasteiger partial charge in [0.15, 0.2) is 0 Å². The van der Waals surface area contributed by atoms with Gasteiger partial charge in [0, 0.05) is 25.8 Å². The molecule has 1 atom stereocenters. The second-order valence-corrected chi connectivity index (χ2v) is 5.79. The number of nitrogens with two attached hydrogens (primary N) is 1. The molecule has 1 heterocycles. The van der Waals surface area contributed by atoms with E-state index in [0.717, 1.165) is 30.2 Å². The molecule has 0 aliphatic carbocycles. The quantitative estimate of drug-likeness (QED) is 0.725. The van der Waals surface area contributed by atoms with Crippen molar-refractivity contribution >= 4 is 23.5 Å². The van der Waals surface area contributed by atoms with Gasteiger partial charge >= 0.3 is 0 Å². The van der Waals surface area contributed by atoms with Gasteiger partial charge in [0.05, 0.1) is 6.04 Å². The molecule has 118 valence electrons. The maximum absolute atomic E-state index is 11.8. The van der Waals surface area contributed by atoms with E-state index in [4.69, 9.17) is 5.73 Å². The highest BCUT2D eigenvalue weighted by atomic mass is 32.2. The topological polar surface area (TPSA) is 71.2 Å². The average molecular weight is 310 g/mol. The summed E-state index contributed by atoms with van der Waals surface area (Å²) in [6.07, 6.45) is 4.52. The number of carbonyl (C=O) groups is 1. The molecule has 0 bridgehead atoms. The molecule has 21 heavy (non-hydrogen) atoms. The third-order valence-corrected chi connectivity index (χ3v) is 3.98. The lowest BCUT2D eigenvalue weighted by Crippen LogP contribution is -2.40. The molecule has 0 aromatic carbocycles. The number of pyridine rings is 1. The molecular weight excluding hydrogens is 284 g/mol. The SMILES string of the molecule is CCN(CC)c1ccc(CNC(=O)[C@@H](N)CCSC)cn1. The van der Waals surface area contributed by atoms with E-state index >= 15 is 0 Å². The van der Waals surface area contributed by atoms with Gasteiger partial charge in [-0.3, -0.25) is 4.79 Å². The van der Waals surface area contributed by atoms with E-state index in [9.17, 15) is 4.79 Å². The van der Waals surface area contributed by atoms with Crippen LogP contribution in [0.1, 0.15) is 25.8 Å². The number of anilines is 1. The van der Waals surface area contributed by atoms with Gasteiger partial charge in [0.2, 0.25) is 5.91 Å². The molecule has 0 aliphatic heterocycles. The van der Waals surface area contributed by atoms with Crippen LogP contribution in [0.4, 0.5) is 5.82 Å². The molecule has 1 aromatic heterocycles. The molecular formula is C15H26N4OS. The smallest absolute Gasteiger partial charge is 0.237 e. The molecule has 6 heteroatoms. The van der Waals surface area contributed by atoms with E-state index in [1.165, 1.54) is 0 Å². The number of nitrogens with zero attached hydrogens (tertiary/aromatic N) is 2. The van der Waals surface area contributed by atoms with E-state index in [-0.39, 0.29) is 5.91 Å². The first-order valence-corrected chi connectivity index (χ1v) is 8.73. The Morgan fingerprint density at radius 2 is 2.14 bits per heavy atom. The van der Waals surface area contributed by atoms with Crippen LogP contribution in [0.3, 0.4) is 0 Å². The molecule has 0 saturated heterocycles. The lowest BCUT2D eigenvalue weighted by Gasteiger charge is -2.19. The zero-order valence-corrected chi connectivity index (χ0v) is 13.9. The summed E-state index contributed by atoms with van der Waals surface area (Å²) in [6, 6.07) is 3.55. The Bertz CT molecular complexity index is 420. The Morgan fingerprint density at radius 1 is 1.43 bits per heavy atom. The Labute approximate surface area is 131 Å². The van der Waals surface area contributed by atoms with Crippen molar-refractivity contribution in [3.8, 4) is 0 Å². The normalized spacial score (nSPS) is 12.0. The number of aromatic nitrogens is 1. The van der Waals surface area contributed by atoms with Crippen molar-refractivity contribution in [3.05, 3.63) is 23.9 Å². The Hall–Kier alpha value is -1.27. The molecule has 1 aromatic rings. The standard InChI is InChI=1S/C15H26N4OS/c1-4-19(5-2)14-7-6-12(10-17-14)11-18-15(20)13(16)8-9-21-3/h6-7,10,13H,4-5,8-9,11,16H2,1-3H3,(H,18,20)/t13-/m0/s1. The number of rotatable bonds is 9. The van der Waals surface area contributed by atoms with E-state index < -0.39 is 6.04 Å². The fraction of sp³-hybridized carbons (Fsp3) is 0.600. The summed E-state index contributed by atoms with van der Waals surface area (Å²) in [5.41, 5.74) is 6.80. The lowest BCUT2D eigenvalue weighted by molar-refractivity contribution is -0.122. The first-order chi connectivity index (χ1) is 10.1. The first kappa shape index (κ1) is 17.8. The van der Waals surface area contributed by atoms with Crippen molar-refractivity contribution < 1.29 is 4.79 Å². The summed E-state index contributed by atoms with van der Waals surface area (Å²) >= 11 is 1.70. The van der Waals surface area contributed by atoms with Crippen LogP contribution < -0.4 is 16.0 Å². The highest BCUT2D eigenvalue weighted by Gasteiger charge is 2.12. The maximum atomic E-state index is 11.8. The molecule has 0 unspecified atom stereocenters. The fourth-order valence-electron chi connectivity index (χ4n) is 1.95. The minimum Gasteiger partial charge on any atom is -0.357 e. The third-order valence-electron chi connectivity index (χ3n) is 3.33. The number of hydrogen-bond acceptors (Lipinski definition) is 5. The first-order valence-electron chi connectivity index (χ1n) is 7.34. The largest absolute Gasteiger partial charge is 0.357 e. The van der Waals surface area contributed by atoms with Crippen LogP contribution in [-0.2, 0) is 11.3 Å². The van der Waals surface area contributed by atoms with Crippen LogP contribution in [0.25, 0.3) is 0 Å². The summed E-state index contributed by atoms with van der Waals surface area (Å²) in [7, 11) is 0. The van der Waals surface area contributed by atoms with Crippen molar-refractivity contribution in [2.24, 2.45) is 5.73 Å².